The van der Waals surface area contributed by atoms with Gasteiger partial charge in [0.15, 0.2) is 11.6 Å². The van der Waals surface area contributed by atoms with Gasteiger partial charge in [0.2, 0.25) is 5.91 Å². The second kappa shape index (κ2) is 5.38. The van der Waals surface area contributed by atoms with Gasteiger partial charge < -0.3 is 20.9 Å². The van der Waals surface area contributed by atoms with Crippen LogP contribution in [0.5, 0.6) is 11.5 Å². The van der Waals surface area contributed by atoms with Gasteiger partial charge in [0.1, 0.15) is 17.1 Å². The summed E-state index contributed by atoms with van der Waals surface area (Å²) in [5.41, 5.74) is 7.72. The number of carbonyl (C=O) groups excluding carboxylic acids is 1. The minimum atomic E-state index is -0.538. The lowest BCUT2D eigenvalue weighted by Crippen LogP contribution is -2.10. The van der Waals surface area contributed by atoms with E-state index >= 15 is 0 Å². The molecule has 4 aromatic rings. The third-order valence-electron chi connectivity index (χ3n) is 3.90. The highest BCUT2D eigenvalue weighted by Gasteiger charge is 2.20. The van der Waals surface area contributed by atoms with Gasteiger partial charge in [0.25, 0.3) is 0 Å². The van der Waals surface area contributed by atoms with Crippen LogP contribution >= 0.6 is 0 Å². The molecule has 1 amide bonds. The summed E-state index contributed by atoms with van der Waals surface area (Å²) in [7, 11) is 0. The van der Waals surface area contributed by atoms with Crippen molar-refractivity contribution in [2.75, 3.05) is 0 Å². The molecule has 8 nitrogen and oxygen atoms in total. The fraction of sp³-hybridized carbons (Fsp3) is 0. The van der Waals surface area contributed by atoms with Gasteiger partial charge in [-0.3, -0.25) is 9.89 Å². The lowest BCUT2D eigenvalue weighted by atomic mass is 10.1. The lowest BCUT2D eigenvalue weighted by Gasteiger charge is -2.00. The normalized spacial score (nSPS) is 11.0. The average Bonchev–Trinajstić information content (AvgIpc) is 3.17. The van der Waals surface area contributed by atoms with Gasteiger partial charge in [0.05, 0.1) is 11.0 Å². The van der Waals surface area contributed by atoms with Crippen molar-refractivity contribution in [2.45, 2.75) is 0 Å². The highest BCUT2D eigenvalue weighted by molar-refractivity contribution is 5.96. The molecule has 0 spiro atoms. The van der Waals surface area contributed by atoms with Crippen molar-refractivity contribution < 1.29 is 15.0 Å². The van der Waals surface area contributed by atoms with Crippen molar-refractivity contribution in [3.8, 4) is 34.3 Å². The Kier molecular flexibility index (Phi) is 3.17. The highest BCUT2D eigenvalue weighted by atomic mass is 16.3. The zero-order valence-corrected chi connectivity index (χ0v) is 12.8. The quantitative estimate of drug-likeness (QED) is 0.390. The molecule has 0 bridgehead atoms. The molecule has 2 aromatic carbocycles. The molecule has 8 heteroatoms. The van der Waals surface area contributed by atoms with Crippen molar-refractivity contribution in [2.24, 2.45) is 5.73 Å². The number of amides is 1. The smallest absolute Gasteiger partial charge is 0.248 e. The molecule has 124 valence electrons. The standard InChI is InChI=1S/C17H13N5O3/c18-16(25)8-5-6-10-11(7-8)20-17(19-10)14-15(24)13(21-22-14)9-3-1-2-4-12(9)23/h1-7,23-24H,(H2,18,25)(H,19,20)(H,21,22). The molecule has 0 fully saturated rings. The highest BCUT2D eigenvalue weighted by Crippen LogP contribution is 2.38. The first-order chi connectivity index (χ1) is 12.0. The molecule has 0 aliphatic carbocycles. The topological polar surface area (TPSA) is 141 Å². The SMILES string of the molecule is NC(=O)c1ccc2nc(-c3[nH]nc(-c4ccccc4O)c3O)[nH]c2c1. The van der Waals surface area contributed by atoms with E-state index in [-0.39, 0.29) is 22.9 Å². The summed E-state index contributed by atoms with van der Waals surface area (Å²) in [6.07, 6.45) is 0. The lowest BCUT2D eigenvalue weighted by molar-refractivity contribution is 0.100. The Hall–Kier alpha value is -3.81. The van der Waals surface area contributed by atoms with E-state index in [1.807, 2.05) is 0 Å². The van der Waals surface area contributed by atoms with Crippen LogP contribution in [0, 0.1) is 0 Å². The number of aromatic nitrogens is 4. The zero-order valence-electron chi connectivity index (χ0n) is 12.8. The van der Waals surface area contributed by atoms with E-state index in [9.17, 15) is 15.0 Å². The van der Waals surface area contributed by atoms with Crippen molar-refractivity contribution >= 4 is 16.9 Å². The first-order valence-electron chi connectivity index (χ1n) is 7.40. The van der Waals surface area contributed by atoms with Gasteiger partial charge in [-0.15, -0.1) is 0 Å². The summed E-state index contributed by atoms with van der Waals surface area (Å²) in [6, 6.07) is 11.4. The maximum absolute atomic E-state index is 11.3. The van der Waals surface area contributed by atoms with Crippen molar-refractivity contribution in [3.05, 3.63) is 48.0 Å². The van der Waals surface area contributed by atoms with Gasteiger partial charge in [-0.2, -0.15) is 5.10 Å². The van der Waals surface area contributed by atoms with E-state index in [0.29, 0.717) is 28.0 Å². The molecule has 6 N–H and O–H groups in total. The molecule has 0 atom stereocenters. The molecule has 2 aromatic heterocycles. The second-order valence-electron chi connectivity index (χ2n) is 5.49. The minimum absolute atomic E-state index is 0.00607. The number of phenolic OH excluding ortho intramolecular Hbond substituents is 1. The van der Waals surface area contributed by atoms with Gasteiger partial charge in [-0.1, -0.05) is 12.1 Å². The number of aromatic amines is 2. The number of aromatic hydroxyl groups is 2. The number of rotatable bonds is 3. The second-order valence-corrected chi connectivity index (χ2v) is 5.49. The van der Waals surface area contributed by atoms with E-state index in [1.54, 1.807) is 36.4 Å². The number of benzene rings is 2. The summed E-state index contributed by atoms with van der Waals surface area (Å²) in [6.45, 7) is 0. The number of carbonyl (C=O) groups is 1. The van der Waals surface area contributed by atoms with Crippen LogP contribution in [0.2, 0.25) is 0 Å². The molecule has 25 heavy (non-hydrogen) atoms. The van der Waals surface area contributed by atoms with Crippen LogP contribution in [-0.4, -0.2) is 36.3 Å². The number of nitrogens with zero attached hydrogens (tertiary/aromatic N) is 2. The van der Waals surface area contributed by atoms with Crippen molar-refractivity contribution in [1.29, 1.82) is 0 Å². The summed E-state index contributed by atoms with van der Waals surface area (Å²) >= 11 is 0. The van der Waals surface area contributed by atoms with E-state index in [2.05, 4.69) is 20.2 Å². The molecular formula is C17H13N5O3. The Balaban J connectivity index is 1.82. The number of hydrogen-bond acceptors (Lipinski definition) is 5. The van der Waals surface area contributed by atoms with Crippen LogP contribution in [0.4, 0.5) is 0 Å². The minimum Gasteiger partial charge on any atom is -0.507 e. The fourth-order valence-corrected chi connectivity index (χ4v) is 2.64. The van der Waals surface area contributed by atoms with Gasteiger partial charge in [0, 0.05) is 11.1 Å². The molecular weight excluding hydrogens is 322 g/mol. The first kappa shape index (κ1) is 14.8. The molecule has 0 unspecified atom stereocenters. The van der Waals surface area contributed by atoms with Crippen molar-refractivity contribution in [3.63, 3.8) is 0 Å². The van der Waals surface area contributed by atoms with E-state index in [0.717, 1.165) is 0 Å². The third-order valence-corrected chi connectivity index (χ3v) is 3.90. The Morgan fingerprint density at radius 1 is 1.12 bits per heavy atom. The molecule has 0 radical (unpaired) electrons. The predicted octanol–water partition coefficient (Wildman–Crippen LogP) is 2.13. The molecule has 0 saturated carbocycles. The van der Waals surface area contributed by atoms with E-state index < -0.39 is 5.91 Å². The van der Waals surface area contributed by atoms with Crippen molar-refractivity contribution in [1.82, 2.24) is 20.2 Å². The number of para-hydroxylation sites is 1. The summed E-state index contributed by atoms with van der Waals surface area (Å²) in [5, 5.41) is 27.2. The number of phenols is 1. The van der Waals surface area contributed by atoms with Crippen LogP contribution in [0.3, 0.4) is 0 Å². The summed E-state index contributed by atoms with van der Waals surface area (Å²) < 4.78 is 0. The van der Waals surface area contributed by atoms with Crippen LogP contribution < -0.4 is 5.73 Å². The Morgan fingerprint density at radius 3 is 2.68 bits per heavy atom. The first-order valence-corrected chi connectivity index (χ1v) is 7.40. The van der Waals surface area contributed by atoms with Gasteiger partial charge in [-0.25, -0.2) is 4.98 Å². The van der Waals surface area contributed by atoms with Crippen LogP contribution in [-0.2, 0) is 0 Å². The van der Waals surface area contributed by atoms with Crippen LogP contribution in [0.25, 0.3) is 33.8 Å². The average molecular weight is 335 g/mol. The number of nitrogens with two attached hydrogens (primary N) is 1. The molecule has 0 saturated heterocycles. The fourth-order valence-electron chi connectivity index (χ4n) is 2.64. The van der Waals surface area contributed by atoms with E-state index in [4.69, 9.17) is 5.73 Å². The molecule has 0 aliphatic rings. The molecule has 4 rings (SSSR count). The largest absolute Gasteiger partial charge is 0.507 e. The predicted molar refractivity (Wildman–Crippen MR) is 91.0 cm³/mol. The summed E-state index contributed by atoms with van der Waals surface area (Å²) in [4.78, 5) is 18.7. The summed E-state index contributed by atoms with van der Waals surface area (Å²) in [5.74, 6) is -0.324. The van der Waals surface area contributed by atoms with E-state index in [1.165, 1.54) is 6.07 Å². The van der Waals surface area contributed by atoms with Crippen LogP contribution in [0.15, 0.2) is 42.5 Å². The maximum Gasteiger partial charge on any atom is 0.248 e. The molecule has 2 heterocycles. The van der Waals surface area contributed by atoms with Crippen LogP contribution in [0.1, 0.15) is 10.4 Å². The molecule has 0 aliphatic heterocycles. The number of nitrogens with one attached hydrogen (secondary N) is 2. The number of primary amides is 1. The number of H-pyrrole nitrogens is 2. The number of imidazole rings is 1. The zero-order chi connectivity index (χ0) is 17.6. The maximum atomic E-state index is 11.3. The van der Waals surface area contributed by atoms with Gasteiger partial charge in [-0.05, 0) is 30.3 Å². The number of fused-ring (bicyclic) bond motifs is 1. The van der Waals surface area contributed by atoms with Gasteiger partial charge >= 0.3 is 0 Å². The number of hydrogen-bond donors (Lipinski definition) is 5. The Bertz CT molecular complexity index is 1110. The Labute approximate surface area is 141 Å². The third kappa shape index (κ3) is 2.36. The monoisotopic (exact) mass is 335 g/mol. The Morgan fingerprint density at radius 2 is 1.92 bits per heavy atom.